The topological polar surface area (TPSA) is 63.3 Å². The summed E-state index contributed by atoms with van der Waals surface area (Å²) in [4.78, 5) is 12.8. The molecule has 0 aromatic heterocycles. The molecule has 4 heteroatoms. The van der Waals surface area contributed by atoms with E-state index in [2.05, 4.69) is 12.1 Å². The van der Waals surface area contributed by atoms with Gasteiger partial charge in [0.05, 0.1) is 5.41 Å². The van der Waals surface area contributed by atoms with E-state index in [1.807, 2.05) is 30.8 Å². The van der Waals surface area contributed by atoms with E-state index in [-0.39, 0.29) is 6.54 Å². The Morgan fingerprint density at radius 2 is 2.28 bits per heavy atom. The van der Waals surface area contributed by atoms with E-state index < -0.39 is 11.4 Å². The van der Waals surface area contributed by atoms with Crippen molar-refractivity contribution in [2.45, 2.75) is 30.6 Å². The second-order valence-electron chi connectivity index (χ2n) is 4.89. The summed E-state index contributed by atoms with van der Waals surface area (Å²) in [5, 5.41) is 9.45. The molecule has 0 spiro atoms. The first-order valence-electron chi connectivity index (χ1n) is 6.28. The summed E-state index contributed by atoms with van der Waals surface area (Å²) >= 11 is 1.82. The molecule has 0 radical (unpaired) electrons. The van der Waals surface area contributed by atoms with E-state index in [9.17, 15) is 9.90 Å². The van der Waals surface area contributed by atoms with Gasteiger partial charge in [0.25, 0.3) is 0 Å². The van der Waals surface area contributed by atoms with Crippen molar-refractivity contribution in [2.24, 2.45) is 11.1 Å². The van der Waals surface area contributed by atoms with Crippen LogP contribution >= 0.6 is 11.8 Å². The predicted octanol–water partition coefficient (Wildman–Crippen LogP) is 2.71. The van der Waals surface area contributed by atoms with E-state index in [4.69, 9.17) is 5.73 Å². The fourth-order valence-corrected chi connectivity index (χ4v) is 3.82. The Balaban J connectivity index is 2.22. The first kappa shape index (κ1) is 13.4. The van der Waals surface area contributed by atoms with Crippen LogP contribution in [-0.2, 0) is 4.79 Å². The summed E-state index contributed by atoms with van der Waals surface area (Å²) < 4.78 is 0. The quantitative estimate of drug-likeness (QED) is 0.859. The molecule has 1 aliphatic heterocycles. The highest BCUT2D eigenvalue weighted by molar-refractivity contribution is 7.99. The Labute approximate surface area is 112 Å². The maximum Gasteiger partial charge on any atom is 0.310 e. The van der Waals surface area contributed by atoms with Gasteiger partial charge in [-0.15, -0.1) is 11.8 Å². The molecule has 18 heavy (non-hydrogen) atoms. The second-order valence-corrected chi connectivity index (χ2v) is 5.95. The Kier molecular flexibility index (Phi) is 3.97. The van der Waals surface area contributed by atoms with Gasteiger partial charge in [-0.05, 0) is 30.4 Å². The van der Waals surface area contributed by atoms with Gasteiger partial charge in [0, 0.05) is 17.2 Å². The summed E-state index contributed by atoms with van der Waals surface area (Å²) in [5.74, 6) is 0.515. The minimum absolute atomic E-state index is 0.210. The van der Waals surface area contributed by atoms with Gasteiger partial charge in [0.15, 0.2) is 0 Å². The summed E-state index contributed by atoms with van der Waals surface area (Å²) in [6.45, 7) is 2.12. The van der Waals surface area contributed by atoms with E-state index in [0.29, 0.717) is 18.8 Å². The van der Waals surface area contributed by atoms with Crippen molar-refractivity contribution in [1.29, 1.82) is 0 Å². The maximum absolute atomic E-state index is 11.5. The number of benzene rings is 1. The second kappa shape index (κ2) is 5.33. The average molecular weight is 265 g/mol. The Morgan fingerprint density at radius 3 is 2.89 bits per heavy atom. The van der Waals surface area contributed by atoms with Crippen LogP contribution in [0.25, 0.3) is 0 Å². The maximum atomic E-state index is 11.5. The molecule has 0 amide bonds. The molecule has 0 fully saturated rings. The van der Waals surface area contributed by atoms with Crippen LogP contribution in [0.2, 0.25) is 0 Å². The summed E-state index contributed by atoms with van der Waals surface area (Å²) in [5.41, 5.74) is 6.24. The number of rotatable bonds is 5. The Morgan fingerprint density at radius 1 is 1.56 bits per heavy atom. The fraction of sp³-hybridized carbons (Fsp3) is 0.500. The van der Waals surface area contributed by atoms with Gasteiger partial charge in [-0.1, -0.05) is 25.1 Å². The third kappa shape index (κ3) is 2.27. The molecule has 3 N–H and O–H groups in total. The molecule has 3 nitrogen and oxygen atoms in total. The molecule has 0 saturated heterocycles. The number of aliphatic carboxylic acids is 1. The zero-order valence-electron chi connectivity index (χ0n) is 10.6. The van der Waals surface area contributed by atoms with E-state index >= 15 is 0 Å². The zero-order chi connectivity index (χ0) is 13.2. The smallest absolute Gasteiger partial charge is 0.310 e. The number of hydrogen-bond acceptors (Lipinski definition) is 3. The molecular formula is C14H19NO2S. The number of thioether (sulfide) groups is 1. The van der Waals surface area contributed by atoms with Crippen LogP contribution in [-0.4, -0.2) is 23.4 Å². The van der Waals surface area contributed by atoms with Crippen molar-refractivity contribution in [2.75, 3.05) is 12.3 Å². The lowest BCUT2D eigenvalue weighted by Gasteiger charge is -2.29. The van der Waals surface area contributed by atoms with E-state index in [1.165, 1.54) is 10.5 Å². The van der Waals surface area contributed by atoms with Gasteiger partial charge in [-0.25, -0.2) is 0 Å². The van der Waals surface area contributed by atoms with Crippen LogP contribution in [0.1, 0.15) is 31.2 Å². The molecule has 0 saturated carbocycles. The van der Waals surface area contributed by atoms with Crippen LogP contribution in [0.15, 0.2) is 29.2 Å². The first-order chi connectivity index (χ1) is 8.63. The van der Waals surface area contributed by atoms with Gasteiger partial charge in [-0.3, -0.25) is 4.79 Å². The fourth-order valence-electron chi connectivity index (χ4n) is 2.57. The lowest BCUT2D eigenvalue weighted by atomic mass is 9.76. The van der Waals surface area contributed by atoms with Crippen molar-refractivity contribution in [1.82, 2.24) is 0 Å². The number of nitrogens with two attached hydrogens (primary N) is 1. The van der Waals surface area contributed by atoms with Crippen molar-refractivity contribution >= 4 is 17.7 Å². The van der Waals surface area contributed by atoms with Gasteiger partial charge in [-0.2, -0.15) is 0 Å². The number of carboxylic acids is 1. The third-order valence-electron chi connectivity index (χ3n) is 3.96. The summed E-state index contributed by atoms with van der Waals surface area (Å²) in [6, 6.07) is 8.27. The summed E-state index contributed by atoms with van der Waals surface area (Å²) in [6.07, 6.45) is 1.22. The molecule has 0 aliphatic carbocycles. The van der Waals surface area contributed by atoms with Gasteiger partial charge >= 0.3 is 5.97 Å². The van der Waals surface area contributed by atoms with Crippen LogP contribution < -0.4 is 5.73 Å². The Bertz CT molecular complexity index is 443. The Hall–Kier alpha value is -1.00. The van der Waals surface area contributed by atoms with Crippen molar-refractivity contribution in [3.8, 4) is 0 Å². The summed E-state index contributed by atoms with van der Waals surface area (Å²) in [7, 11) is 0. The van der Waals surface area contributed by atoms with Gasteiger partial charge in [0.2, 0.25) is 0 Å². The molecule has 2 unspecified atom stereocenters. The number of carboxylic acid groups (broad SMARTS) is 1. The minimum Gasteiger partial charge on any atom is -0.481 e. The molecular weight excluding hydrogens is 246 g/mol. The highest BCUT2D eigenvalue weighted by Crippen LogP contribution is 2.45. The largest absolute Gasteiger partial charge is 0.481 e. The average Bonchev–Trinajstić information content (AvgIpc) is 2.79. The highest BCUT2D eigenvalue weighted by atomic mass is 32.2. The van der Waals surface area contributed by atoms with Crippen LogP contribution in [0.5, 0.6) is 0 Å². The molecule has 2 rings (SSSR count). The molecule has 0 bridgehead atoms. The molecule has 1 aromatic rings. The van der Waals surface area contributed by atoms with Gasteiger partial charge < -0.3 is 10.8 Å². The highest BCUT2D eigenvalue weighted by Gasteiger charge is 2.39. The third-order valence-corrected chi connectivity index (χ3v) is 5.21. The number of hydrogen-bond donors (Lipinski definition) is 2. The van der Waals surface area contributed by atoms with Crippen molar-refractivity contribution in [3.05, 3.63) is 29.8 Å². The lowest BCUT2D eigenvalue weighted by molar-refractivity contribution is -0.149. The van der Waals surface area contributed by atoms with E-state index in [0.717, 1.165) is 5.75 Å². The molecule has 2 atom stereocenters. The van der Waals surface area contributed by atoms with Crippen molar-refractivity contribution in [3.63, 3.8) is 0 Å². The van der Waals surface area contributed by atoms with Crippen LogP contribution in [0, 0.1) is 5.41 Å². The zero-order valence-corrected chi connectivity index (χ0v) is 11.4. The monoisotopic (exact) mass is 265 g/mol. The SMILES string of the molecule is CCC(CN)(CC1CSc2ccccc21)C(=O)O. The van der Waals surface area contributed by atoms with Crippen LogP contribution in [0.4, 0.5) is 0 Å². The molecule has 98 valence electrons. The predicted molar refractivity (Wildman–Crippen MR) is 73.9 cm³/mol. The minimum atomic E-state index is -0.775. The number of fused-ring (bicyclic) bond motifs is 1. The first-order valence-corrected chi connectivity index (χ1v) is 7.26. The van der Waals surface area contributed by atoms with E-state index in [1.54, 1.807) is 0 Å². The molecule has 1 aromatic carbocycles. The van der Waals surface area contributed by atoms with Crippen LogP contribution in [0.3, 0.4) is 0 Å². The molecule has 1 heterocycles. The standard InChI is InChI=1S/C14H19NO2S/c1-2-14(9-15,13(16)17)7-10-8-18-12-6-4-3-5-11(10)12/h3-6,10H,2,7-9,15H2,1H3,(H,16,17). The van der Waals surface area contributed by atoms with Crippen molar-refractivity contribution < 1.29 is 9.90 Å². The number of carbonyl (C=O) groups is 1. The lowest BCUT2D eigenvalue weighted by Crippen LogP contribution is -2.39. The normalized spacial score (nSPS) is 21.3. The van der Waals surface area contributed by atoms with Gasteiger partial charge in [0.1, 0.15) is 0 Å². The molecule has 1 aliphatic rings.